The maximum absolute atomic E-state index is 10.1. The van der Waals surface area contributed by atoms with E-state index in [4.69, 9.17) is 28.0 Å². The summed E-state index contributed by atoms with van der Waals surface area (Å²) in [6, 6.07) is 11.4. The molecule has 2 rings (SSSR count). The van der Waals surface area contributed by atoms with Crippen molar-refractivity contribution in [1.82, 2.24) is 0 Å². The lowest BCUT2D eigenvalue weighted by Gasteiger charge is -1.88. The van der Waals surface area contributed by atoms with E-state index in [9.17, 15) is 20.2 Å². The molecule has 9 heteroatoms. The average Bonchev–Trinajstić information content (AvgIpc) is 2.51. The highest BCUT2D eigenvalue weighted by atomic mass is 35.5. The van der Waals surface area contributed by atoms with Gasteiger partial charge in [-0.15, -0.1) is 0 Å². The quantitative estimate of drug-likeness (QED) is 0.596. The third-order valence-electron chi connectivity index (χ3n) is 2.07. The number of nitro groups is 2. The van der Waals surface area contributed by atoms with Crippen LogP contribution in [0.5, 0.6) is 0 Å². The molecular weight excluding hydrogens is 335 g/mol. The molecule has 22 heavy (non-hydrogen) atoms. The molecule has 0 saturated carbocycles. The van der Waals surface area contributed by atoms with Crippen molar-refractivity contribution >= 4 is 41.4 Å². The molecule has 0 amide bonds. The second-order valence-corrected chi connectivity index (χ2v) is 4.34. The van der Waals surface area contributed by atoms with Gasteiger partial charge in [0, 0.05) is 34.3 Å². The number of carbonyl (C=O) groups excluding carboxylic acids is 1. The molecule has 0 aliphatic heterocycles. The van der Waals surface area contributed by atoms with Gasteiger partial charge in [0.15, 0.2) is 0 Å². The summed E-state index contributed by atoms with van der Waals surface area (Å²) in [5, 5.41) is 21.2. The number of hydrogen-bond acceptors (Lipinski definition) is 5. The van der Waals surface area contributed by atoms with Gasteiger partial charge in [0.25, 0.3) is 11.4 Å². The Balaban J connectivity index is 0.000000360. The summed E-state index contributed by atoms with van der Waals surface area (Å²) in [5.41, 5.74) is 0.119. The molecule has 0 aliphatic rings. The summed E-state index contributed by atoms with van der Waals surface area (Å²) in [7, 11) is 0. The van der Waals surface area contributed by atoms with E-state index >= 15 is 0 Å². The van der Waals surface area contributed by atoms with Crippen LogP contribution in [0.25, 0.3) is 0 Å². The lowest BCUT2D eigenvalue weighted by molar-refractivity contribution is -0.385. The van der Waals surface area contributed by atoms with E-state index in [0.717, 1.165) is 0 Å². The van der Waals surface area contributed by atoms with Crippen LogP contribution in [-0.2, 0) is 4.79 Å². The highest BCUT2D eigenvalue weighted by Crippen LogP contribution is 2.15. The number of carbonyl (C=O) groups is 1. The van der Waals surface area contributed by atoms with Crippen LogP contribution in [0.2, 0.25) is 10.0 Å². The van der Waals surface area contributed by atoms with E-state index in [1.165, 1.54) is 48.5 Å². The third-order valence-corrected chi connectivity index (χ3v) is 2.58. The predicted octanol–water partition coefficient (Wildman–Crippen LogP) is 4.31. The monoisotopic (exact) mass is 344 g/mol. The summed E-state index contributed by atoms with van der Waals surface area (Å²) in [4.78, 5) is 27.2. The van der Waals surface area contributed by atoms with Crippen molar-refractivity contribution < 1.29 is 14.6 Å². The minimum atomic E-state index is -0.462. The van der Waals surface area contributed by atoms with Crippen LogP contribution in [0, 0.1) is 20.2 Å². The number of non-ortho nitro benzene ring substituents is 2. The molecule has 0 radical (unpaired) electrons. The predicted molar refractivity (Wildman–Crippen MR) is 83.3 cm³/mol. The summed E-state index contributed by atoms with van der Waals surface area (Å²) in [6.45, 7) is 2.00. The van der Waals surface area contributed by atoms with E-state index in [-0.39, 0.29) is 11.4 Å². The fraction of sp³-hybridized carbons (Fsp3) is 0. The van der Waals surface area contributed by atoms with Crippen molar-refractivity contribution in [2.24, 2.45) is 0 Å². The highest BCUT2D eigenvalue weighted by molar-refractivity contribution is 6.30. The van der Waals surface area contributed by atoms with Gasteiger partial charge in [-0.2, -0.15) is 0 Å². The minimum absolute atomic E-state index is 0.0596. The Kier molecular flexibility index (Phi) is 9.08. The van der Waals surface area contributed by atoms with Gasteiger partial charge in [-0.05, 0) is 24.3 Å². The first-order valence-electron chi connectivity index (χ1n) is 5.49. The van der Waals surface area contributed by atoms with Crippen LogP contribution >= 0.6 is 23.2 Å². The Morgan fingerprint density at radius 1 is 0.682 bits per heavy atom. The molecule has 0 heterocycles. The Morgan fingerprint density at radius 2 is 0.909 bits per heavy atom. The smallest absolute Gasteiger partial charge is 0.269 e. The minimum Gasteiger partial charge on any atom is -0.307 e. The average molecular weight is 345 g/mol. The fourth-order valence-electron chi connectivity index (χ4n) is 1.13. The van der Waals surface area contributed by atoms with Gasteiger partial charge in [-0.25, -0.2) is 0 Å². The number of rotatable bonds is 2. The Hall–Kier alpha value is -2.51. The lowest BCUT2D eigenvalue weighted by atomic mass is 10.3. The van der Waals surface area contributed by atoms with Crippen molar-refractivity contribution in [2.75, 3.05) is 0 Å². The van der Waals surface area contributed by atoms with Crippen molar-refractivity contribution in [1.29, 1.82) is 0 Å². The maximum atomic E-state index is 10.1. The Labute approximate surface area is 135 Å². The summed E-state index contributed by atoms with van der Waals surface area (Å²) in [5.74, 6) is 0. The fourth-order valence-corrected chi connectivity index (χ4v) is 1.38. The van der Waals surface area contributed by atoms with Crippen LogP contribution in [-0.4, -0.2) is 16.6 Å². The van der Waals surface area contributed by atoms with E-state index in [0.29, 0.717) is 10.0 Å². The van der Waals surface area contributed by atoms with E-state index in [2.05, 4.69) is 0 Å². The summed E-state index contributed by atoms with van der Waals surface area (Å²) >= 11 is 11.0. The second-order valence-electron chi connectivity index (χ2n) is 3.47. The van der Waals surface area contributed by atoms with Crippen LogP contribution in [0.3, 0.4) is 0 Å². The molecule has 0 atom stereocenters. The molecular formula is C13H10Cl2N2O5. The zero-order valence-corrected chi connectivity index (χ0v) is 12.5. The van der Waals surface area contributed by atoms with Gasteiger partial charge >= 0.3 is 0 Å². The number of halogens is 2. The van der Waals surface area contributed by atoms with E-state index in [1.807, 2.05) is 6.79 Å². The van der Waals surface area contributed by atoms with Crippen LogP contribution < -0.4 is 0 Å². The standard InChI is InChI=1S/2C6H4ClNO2.CH2O/c2*7-5-1-3-6(4-2-5)8(9)10;1-2/h2*1-4H;1H2. The molecule has 0 N–H and O–H groups in total. The number of nitro benzene ring substituents is 2. The van der Waals surface area contributed by atoms with Crippen LogP contribution in [0.4, 0.5) is 11.4 Å². The van der Waals surface area contributed by atoms with Gasteiger partial charge in [0.05, 0.1) is 9.85 Å². The van der Waals surface area contributed by atoms with Gasteiger partial charge < -0.3 is 4.79 Å². The molecule has 0 spiro atoms. The molecule has 0 bridgehead atoms. The number of nitrogens with zero attached hydrogens (tertiary/aromatic N) is 2. The molecule has 0 aromatic heterocycles. The molecule has 116 valence electrons. The van der Waals surface area contributed by atoms with Crippen molar-refractivity contribution in [3.8, 4) is 0 Å². The number of benzene rings is 2. The molecule has 0 unspecified atom stereocenters. The lowest BCUT2D eigenvalue weighted by Crippen LogP contribution is -1.85. The van der Waals surface area contributed by atoms with Gasteiger partial charge in [0.1, 0.15) is 6.79 Å². The van der Waals surface area contributed by atoms with Gasteiger partial charge in [-0.1, -0.05) is 23.2 Å². The Bertz CT molecular complexity index is 562. The summed E-state index contributed by atoms with van der Waals surface area (Å²) < 4.78 is 0. The summed E-state index contributed by atoms with van der Waals surface area (Å²) in [6.07, 6.45) is 0. The first-order chi connectivity index (χ1) is 10.4. The first kappa shape index (κ1) is 19.5. The number of hydrogen-bond donors (Lipinski definition) is 0. The maximum Gasteiger partial charge on any atom is 0.269 e. The van der Waals surface area contributed by atoms with E-state index in [1.54, 1.807) is 0 Å². The Morgan fingerprint density at radius 3 is 1.09 bits per heavy atom. The van der Waals surface area contributed by atoms with Crippen LogP contribution in [0.1, 0.15) is 0 Å². The molecule has 0 aliphatic carbocycles. The van der Waals surface area contributed by atoms with E-state index < -0.39 is 9.85 Å². The normalized spacial score (nSPS) is 8.64. The topological polar surface area (TPSA) is 103 Å². The molecule has 2 aromatic rings. The second kappa shape index (κ2) is 10.3. The van der Waals surface area contributed by atoms with Gasteiger partial charge in [-0.3, -0.25) is 20.2 Å². The SMILES string of the molecule is C=O.O=[N+]([O-])c1ccc(Cl)cc1.O=[N+]([O-])c1ccc(Cl)cc1. The molecule has 0 saturated heterocycles. The largest absolute Gasteiger partial charge is 0.307 e. The van der Waals surface area contributed by atoms with Crippen LogP contribution in [0.15, 0.2) is 48.5 Å². The van der Waals surface area contributed by atoms with Gasteiger partial charge in [0.2, 0.25) is 0 Å². The molecule has 2 aromatic carbocycles. The van der Waals surface area contributed by atoms with Crippen molar-refractivity contribution in [2.45, 2.75) is 0 Å². The van der Waals surface area contributed by atoms with Crippen molar-refractivity contribution in [3.05, 3.63) is 78.8 Å². The van der Waals surface area contributed by atoms with Crippen molar-refractivity contribution in [3.63, 3.8) is 0 Å². The zero-order chi connectivity index (χ0) is 17.1. The highest BCUT2D eigenvalue weighted by Gasteiger charge is 2.02. The molecule has 0 fully saturated rings. The first-order valence-corrected chi connectivity index (χ1v) is 6.24. The third kappa shape index (κ3) is 7.32. The zero-order valence-electron chi connectivity index (χ0n) is 11.0. The molecule has 7 nitrogen and oxygen atoms in total.